The normalized spacial score (nSPS) is 10.9. The first-order chi connectivity index (χ1) is 14.3. The third kappa shape index (κ3) is 4.27. The second-order valence-electron chi connectivity index (χ2n) is 6.70. The second kappa shape index (κ2) is 8.83. The first-order valence-corrected chi connectivity index (χ1v) is 10.0. The van der Waals surface area contributed by atoms with Crippen LogP contribution in [0.2, 0.25) is 0 Å². The summed E-state index contributed by atoms with van der Waals surface area (Å²) in [5, 5.41) is 20.7. The van der Waals surface area contributed by atoms with Crippen molar-refractivity contribution in [2.75, 3.05) is 0 Å². The van der Waals surface area contributed by atoms with Gasteiger partial charge < -0.3 is 0 Å². The van der Waals surface area contributed by atoms with E-state index in [0.717, 1.165) is 41.2 Å². The van der Waals surface area contributed by atoms with Gasteiger partial charge in [0.2, 0.25) is 5.82 Å². The average molecular weight is 404 g/mol. The molecule has 4 aromatic rings. The third-order valence-corrected chi connectivity index (χ3v) is 4.81. The zero-order chi connectivity index (χ0) is 20.1. The molecule has 2 aromatic heterocycles. The third-order valence-electron chi connectivity index (χ3n) is 4.64. The first-order valence-electron chi connectivity index (χ1n) is 9.57. The SMILES string of the molecule is CCCc1nc(CC=S)nn1Cc1ccc(-c2ccccc2-c2nn[nH]n2)cc1. The minimum absolute atomic E-state index is 0.586. The van der Waals surface area contributed by atoms with E-state index in [2.05, 4.69) is 68.0 Å². The number of thiocarbonyl (C=S) groups is 1. The molecule has 0 saturated heterocycles. The van der Waals surface area contributed by atoms with Crippen LogP contribution in [0, 0.1) is 0 Å². The van der Waals surface area contributed by atoms with E-state index >= 15 is 0 Å². The van der Waals surface area contributed by atoms with Crippen LogP contribution in [0.25, 0.3) is 22.5 Å². The molecular formula is C21H21N7S. The number of rotatable bonds is 8. The van der Waals surface area contributed by atoms with Gasteiger partial charge in [-0.2, -0.15) is 10.3 Å². The monoisotopic (exact) mass is 403 g/mol. The lowest BCUT2D eigenvalue weighted by Crippen LogP contribution is -2.07. The zero-order valence-electron chi connectivity index (χ0n) is 16.1. The predicted molar refractivity (Wildman–Crippen MR) is 116 cm³/mol. The molecule has 0 fully saturated rings. The largest absolute Gasteiger partial charge is 0.245 e. The molecule has 0 bridgehead atoms. The van der Waals surface area contributed by atoms with Gasteiger partial charge >= 0.3 is 0 Å². The van der Waals surface area contributed by atoms with Crippen molar-refractivity contribution >= 4 is 17.6 Å². The number of aromatic nitrogens is 7. The van der Waals surface area contributed by atoms with E-state index < -0.39 is 0 Å². The Morgan fingerprint density at radius 2 is 1.86 bits per heavy atom. The van der Waals surface area contributed by atoms with Crippen LogP contribution in [0.15, 0.2) is 48.5 Å². The molecule has 0 atom stereocenters. The Morgan fingerprint density at radius 3 is 2.55 bits per heavy atom. The van der Waals surface area contributed by atoms with E-state index in [4.69, 9.17) is 12.2 Å². The van der Waals surface area contributed by atoms with E-state index in [1.165, 1.54) is 5.56 Å². The Hall–Kier alpha value is -3.26. The number of aryl methyl sites for hydroxylation is 1. The minimum atomic E-state index is 0.586. The first kappa shape index (κ1) is 19.1. The molecule has 4 rings (SSSR count). The predicted octanol–water partition coefficient (Wildman–Crippen LogP) is 3.67. The van der Waals surface area contributed by atoms with Gasteiger partial charge in [-0.3, -0.25) is 0 Å². The molecule has 29 heavy (non-hydrogen) atoms. The van der Waals surface area contributed by atoms with Crippen LogP contribution in [-0.2, 0) is 19.4 Å². The molecule has 7 nitrogen and oxygen atoms in total. The number of hydrogen-bond acceptors (Lipinski definition) is 6. The summed E-state index contributed by atoms with van der Waals surface area (Å²) in [7, 11) is 0. The van der Waals surface area contributed by atoms with E-state index in [0.29, 0.717) is 18.8 Å². The summed E-state index contributed by atoms with van der Waals surface area (Å²) >= 11 is 4.95. The van der Waals surface area contributed by atoms with E-state index in [9.17, 15) is 0 Å². The van der Waals surface area contributed by atoms with Crippen LogP contribution < -0.4 is 0 Å². The van der Waals surface area contributed by atoms with Gasteiger partial charge in [0.1, 0.15) is 5.82 Å². The van der Waals surface area contributed by atoms with Gasteiger partial charge in [0, 0.05) is 18.4 Å². The fraction of sp³-hybridized carbons (Fsp3) is 0.238. The Labute approximate surface area is 174 Å². The molecule has 8 heteroatoms. The number of H-pyrrole nitrogens is 1. The molecule has 1 N–H and O–H groups in total. The fourth-order valence-electron chi connectivity index (χ4n) is 3.29. The Kier molecular flexibility index (Phi) is 5.81. The lowest BCUT2D eigenvalue weighted by atomic mass is 9.98. The van der Waals surface area contributed by atoms with Crippen molar-refractivity contribution in [1.82, 2.24) is 35.4 Å². The van der Waals surface area contributed by atoms with Crippen molar-refractivity contribution in [3.05, 3.63) is 65.7 Å². The van der Waals surface area contributed by atoms with E-state index in [1.807, 2.05) is 22.9 Å². The molecule has 2 aromatic carbocycles. The molecule has 0 aliphatic rings. The maximum absolute atomic E-state index is 4.95. The summed E-state index contributed by atoms with van der Waals surface area (Å²) in [6, 6.07) is 16.5. The molecule has 0 aliphatic carbocycles. The van der Waals surface area contributed by atoms with Crippen molar-refractivity contribution in [2.24, 2.45) is 0 Å². The maximum Gasteiger partial charge on any atom is 0.205 e. The Morgan fingerprint density at radius 1 is 1.07 bits per heavy atom. The lowest BCUT2D eigenvalue weighted by Gasteiger charge is -2.09. The molecule has 0 spiro atoms. The molecule has 0 aliphatic heterocycles. The number of aromatic amines is 1. The molecule has 0 unspecified atom stereocenters. The summed E-state index contributed by atoms with van der Waals surface area (Å²) < 4.78 is 1.99. The Bertz CT molecular complexity index is 1080. The highest BCUT2D eigenvalue weighted by molar-refractivity contribution is 7.78. The van der Waals surface area contributed by atoms with Gasteiger partial charge in [0.25, 0.3) is 0 Å². The van der Waals surface area contributed by atoms with Gasteiger partial charge in [-0.1, -0.05) is 67.7 Å². The van der Waals surface area contributed by atoms with Gasteiger partial charge in [-0.25, -0.2) is 9.67 Å². The summed E-state index contributed by atoms with van der Waals surface area (Å²) in [5.74, 6) is 2.38. The summed E-state index contributed by atoms with van der Waals surface area (Å²) in [5.41, 5.74) is 4.28. The van der Waals surface area contributed by atoms with E-state index in [-0.39, 0.29) is 0 Å². The molecular weight excluding hydrogens is 382 g/mol. The number of nitrogens with zero attached hydrogens (tertiary/aromatic N) is 6. The van der Waals surface area contributed by atoms with Gasteiger partial charge in [0.15, 0.2) is 5.82 Å². The smallest absolute Gasteiger partial charge is 0.205 e. The molecule has 0 radical (unpaired) electrons. The quantitative estimate of drug-likeness (QED) is 0.452. The van der Waals surface area contributed by atoms with Crippen molar-refractivity contribution in [2.45, 2.75) is 32.7 Å². The van der Waals surface area contributed by atoms with Crippen molar-refractivity contribution in [1.29, 1.82) is 0 Å². The Balaban J connectivity index is 1.59. The van der Waals surface area contributed by atoms with Crippen LogP contribution in [0.1, 0.15) is 30.6 Å². The number of nitrogens with one attached hydrogen (secondary N) is 1. The number of hydrogen-bond donors (Lipinski definition) is 1. The van der Waals surface area contributed by atoms with Crippen LogP contribution in [0.5, 0.6) is 0 Å². The van der Waals surface area contributed by atoms with Crippen LogP contribution in [0.4, 0.5) is 0 Å². The highest BCUT2D eigenvalue weighted by Gasteiger charge is 2.12. The van der Waals surface area contributed by atoms with Crippen LogP contribution in [0.3, 0.4) is 0 Å². The van der Waals surface area contributed by atoms with Crippen LogP contribution in [-0.4, -0.2) is 40.8 Å². The van der Waals surface area contributed by atoms with E-state index in [1.54, 1.807) is 5.37 Å². The van der Waals surface area contributed by atoms with Crippen molar-refractivity contribution in [3.63, 3.8) is 0 Å². The lowest BCUT2D eigenvalue weighted by molar-refractivity contribution is 0.626. The topological polar surface area (TPSA) is 85.2 Å². The van der Waals surface area contributed by atoms with Gasteiger partial charge in [-0.15, -0.1) is 10.2 Å². The maximum atomic E-state index is 4.95. The number of tetrazole rings is 1. The highest BCUT2D eigenvalue weighted by atomic mass is 32.1. The highest BCUT2D eigenvalue weighted by Crippen LogP contribution is 2.29. The molecule has 0 amide bonds. The van der Waals surface area contributed by atoms with Crippen LogP contribution >= 0.6 is 12.2 Å². The fourth-order valence-corrected chi connectivity index (χ4v) is 3.44. The van der Waals surface area contributed by atoms with Gasteiger partial charge in [0.05, 0.1) is 6.54 Å². The summed E-state index contributed by atoms with van der Waals surface area (Å²) in [6.07, 6.45) is 2.55. The molecule has 2 heterocycles. The van der Waals surface area contributed by atoms with Crippen molar-refractivity contribution < 1.29 is 0 Å². The minimum Gasteiger partial charge on any atom is -0.245 e. The number of benzene rings is 2. The zero-order valence-corrected chi connectivity index (χ0v) is 16.9. The van der Waals surface area contributed by atoms with Gasteiger partial charge in [-0.05, 0) is 33.7 Å². The summed E-state index contributed by atoms with van der Waals surface area (Å²) in [4.78, 5) is 4.62. The second-order valence-corrected chi connectivity index (χ2v) is 7.03. The molecule has 146 valence electrons. The standard InChI is InChI=1S/C21H21N7S/c1-2-5-20-22-19(12-13-29)25-28(20)14-15-8-10-16(11-9-15)17-6-3-4-7-18(17)21-23-26-27-24-21/h3-4,6-11,13H,2,5,12,14H2,1H3,(H,23,24,26,27). The summed E-state index contributed by atoms with van der Waals surface area (Å²) in [6.45, 7) is 2.83. The molecule has 0 saturated carbocycles. The average Bonchev–Trinajstić information content (AvgIpc) is 3.40. The van der Waals surface area contributed by atoms with Crippen molar-refractivity contribution in [3.8, 4) is 22.5 Å².